The normalized spacial score (nSPS) is 14.7. The summed E-state index contributed by atoms with van der Waals surface area (Å²) >= 11 is 0. The van der Waals surface area contributed by atoms with E-state index >= 15 is 0 Å². The van der Waals surface area contributed by atoms with E-state index in [-0.39, 0.29) is 12.0 Å². The number of oxazole rings is 1. The predicted molar refractivity (Wildman–Crippen MR) is 103 cm³/mol. The molecule has 5 rings (SSSR count). The summed E-state index contributed by atoms with van der Waals surface area (Å²) < 4.78 is 13.3. The van der Waals surface area contributed by atoms with Crippen molar-refractivity contribution in [3.8, 4) is 0 Å². The van der Waals surface area contributed by atoms with Crippen LogP contribution in [0.2, 0.25) is 0 Å². The van der Waals surface area contributed by atoms with E-state index in [2.05, 4.69) is 15.0 Å². The molecule has 8 nitrogen and oxygen atoms in total. The van der Waals surface area contributed by atoms with Crippen LogP contribution in [0.3, 0.4) is 0 Å². The first-order valence-corrected chi connectivity index (χ1v) is 9.38. The molecule has 1 amide bonds. The minimum absolute atomic E-state index is 0.142. The van der Waals surface area contributed by atoms with Gasteiger partial charge in [0.25, 0.3) is 5.91 Å². The molecule has 1 atom stereocenters. The first kappa shape index (κ1) is 17.6. The van der Waals surface area contributed by atoms with E-state index in [9.17, 15) is 4.79 Å². The van der Waals surface area contributed by atoms with Crippen molar-refractivity contribution in [3.63, 3.8) is 0 Å². The van der Waals surface area contributed by atoms with Gasteiger partial charge in [0.15, 0.2) is 6.10 Å². The fourth-order valence-electron chi connectivity index (χ4n) is 3.61. The minimum Gasteiger partial charge on any atom is -0.442 e. The van der Waals surface area contributed by atoms with Crippen molar-refractivity contribution >= 4 is 11.7 Å². The number of benzene rings is 1. The second-order valence-corrected chi connectivity index (χ2v) is 6.88. The zero-order chi connectivity index (χ0) is 19.8. The predicted octanol–water partition coefficient (Wildman–Crippen LogP) is 2.65. The van der Waals surface area contributed by atoms with E-state index in [1.54, 1.807) is 34.9 Å². The summed E-state index contributed by atoms with van der Waals surface area (Å²) in [5, 5.41) is 0. The number of carbonyl (C=O) groups is 1. The number of amides is 1. The molecule has 4 aromatic rings. The molecule has 0 N–H and O–H groups in total. The molecule has 0 saturated carbocycles. The lowest BCUT2D eigenvalue weighted by Crippen LogP contribution is -2.36. The maximum Gasteiger partial charge on any atom is 0.274 e. The minimum atomic E-state index is -0.379. The molecule has 1 aliphatic heterocycles. The lowest BCUT2D eigenvalue weighted by atomic mass is 10.1. The number of rotatable bonds is 4. The Balaban J connectivity index is 1.39. The van der Waals surface area contributed by atoms with Gasteiger partial charge in [-0.2, -0.15) is 0 Å². The number of hydrogen-bond acceptors (Lipinski definition) is 6. The number of ether oxygens (including phenoxy) is 1. The Kier molecular flexibility index (Phi) is 4.33. The standard InChI is InChI=1S/C21H19N5O3/c1-28-18(14-6-3-2-4-7-14)19-23-15-12-25(11-8-17(15)29-19)20(27)16-13-26-10-5-9-22-21(26)24-16/h2-7,9-10,13,18H,8,11-12H2,1H3. The largest absolute Gasteiger partial charge is 0.442 e. The molecule has 0 bridgehead atoms. The van der Waals surface area contributed by atoms with E-state index in [4.69, 9.17) is 9.15 Å². The number of hydrogen-bond donors (Lipinski definition) is 0. The molecule has 0 saturated heterocycles. The van der Waals surface area contributed by atoms with Gasteiger partial charge in [-0.1, -0.05) is 30.3 Å². The van der Waals surface area contributed by atoms with Gasteiger partial charge >= 0.3 is 0 Å². The molecule has 0 radical (unpaired) electrons. The van der Waals surface area contributed by atoms with Crippen LogP contribution in [0.1, 0.15) is 39.5 Å². The Morgan fingerprint density at radius 1 is 1.21 bits per heavy atom. The lowest BCUT2D eigenvalue weighted by Gasteiger charge is -2.24. The van der Waals surface area contributed by atoms with Crippen molar-refractivity contribution in [2.24, 2.45) is 0 Å². The molecular weight excluding hydrogens is 370 g/mol. The van der Waals surface area contributed by atoms with Gasteiger partial charge in [-0.15, -0.1) is 0 Å². The highest BCUT2D eigenvalue weighted by Gasteiger charge is 2.29. The van der Waals surface area contributed by atoms with E-state index in [1.807, 2.05) is 36.5 Å². The molecule has 146 valence electrons. The fraction of sp³-hybridized carbons (Fsp3) is 0.238. The molecule has 0 fully saturated rings. The summed E-state index contributed by atoms with van der Waals surface area (Å²) in [7, 11) is 1.63. The molecule has 4 heterocycles. The molecule has 0 aliphatic carbocycles. The van der Waals surface area contributed by atoms with Gasteiger partial charge < -0.3 is 14.1 Å². The Bertz CT molecular complexity index is 1130. The van der Waals surface area contributed by atoms with Gasteiger partial charge in [0.05, 0.1) is 6.54 Å². The van der Waals surface area contributed by atoms with Gasteiger partial charge in [0, 0.05) is 38.7 Å². The molecule has 8 heteroatoms. The molecule has 1 aromatic carbocycles. The average molecular weight is 389 g/mol. The second-order valence-electron chi connectivity index (χ2n) is 6.88. The highest BCUT2D eigenvalue weighted by molar-refractivity contribution is 5.92. The van der Waals surface area contributed by atoms with Crippen LogP contribution < -0.4 is 0 Å². The first-order valence-electron chi connectivity index (χ1n) is 9.38. The van der Waals surface area contributed by atoms with E-state index < -0.39 is 0 Å². The summed E-state index contributed by atoms with van der Waals surface area (Å²) in [4.78, 5) is 27.8. The number of fused-ring (bicyclic) bond motifs is 2. The van der Waals surface area contributed by atoms with Gasteiger partial charge in [0.1, 0.15) is 17.1 Å². The zero-order valence-corrected chi connectivity index (χ0v) is 15.9. The van der Waals surface area contributed by atoms with Crippen LogP contribution in [0.5, 0.6) is 0 Å². The summed E-state index contributed by atoms with van der Waals surface area (Å²) in [5.74, 6) is 1.67. The maximum atomic E-state index is 12.9. The van der Waals surface area contributed by atoms with Crippen molar-refractivity contribution in [1.82, 2.24) is 24.3 Å². The summed E-state index contributed by atoms with van der Waals surface area (Å²) in [6, 6.07) is 11.6. The van der Waals surface area contributed by atoms with Crippen molar-refractivity contribution in [3.05, 3.63) is 83.6 Å². The monoisotopic (exact) mass is 389 g/mol. The number of aromatic nitrogens is 4. The van der Waals surface area contributed by atoms with Crippen LogP contribution in [-0.4, -0.2) is 43.8 Å². The molecular formula is C21H19N5O3. The number of nitrogens with zero attached hydrogens (tertiary/aromatic N) is 5. The Morgan fingerprint density at radius 2 is 2.07 bits per heavy atom. The number of imidazole rings is 1. The zero-order valence-electron chi connectivity index (χ0n) is 15.9. The van der Waals surface area contributed by atoms with E-state index in [1.165, 1.54) is 0 Å². The van der Waals surface area contributed by atoms with Crippen LogP contribution in [0, 0.1) is 0 Å². The quantitative estimate of drug-likeness (QED) is 0.533. The van der Waals surface area contributed by atoms with Crippen LogP contribution in [-0.2, 0) is 17.7 Å². The fourth-order valence-corrected chi connectivity index (χ4v) is 3.61. The van der Waals surface area contributed by atoms with Crippen LogP contribution in [0.15, 0.2) is 59.4 Å². The van der Waals surface area contributed by atoms with Gasteiger partial charge in [0.2, 0.25) is 11.7 Å². The molecule has 3 aromatic heterocycles. The maximum absolute atomic E-state index is 12.9. The third kappa shape index (κ3) is 3.17. The van der Waals surface area contributed by atoms with Gasteiger partial charge in [-0.3, -0.25) is 9.20 Å². The first-order chi connectivity index (χ1) is 14.2. The van der Waals surface area contributed by atoms with E-state index in [0.717, 1.165) is 17.0 Å². The summed E-state index contributed by atoms with van der Waals surface area (Å²) in [6.45, 7) is 0.926. The third-order valence-electron chi connectivity index (χ3n) is 5.05. The third-order valence-corrected chi connectivity index (χ3v) is 5.05. The van der Waals surface area contributed by atoms with E-state index in [0.29, 0.717) is 36.9 Å². The highest BCUT2D eigenvalue weighted by atomic mass is 16.5. The van der Waals surface area contributed by atoms with Crippen molar-refractivity contribution < 1.29 is 13.9 Å². The Labute approximate surface area is 166 Å². The van der Waals surface area contributed by atoms with Crippen molar-refractivity contribution in [2.45, 2.75) is 19.1 Å². The smallest absolute Gasteiger partial charge is 0.274 e. The Hall–Kier alpha value is -3.52. The van der Waals surface area contributed by atoms with Crippen LogP contribution >= 0.6 is 0 Å². The van der Waals surface area contributed by atoms with Gasteiger partial charge in [-0.25, -0.2) is 15.0 Å². The summed E-state index contributed by atoms with van der Waals surface area (Å²) in [6.07, 6.45) is 5.39. The van der Waals surface area contributed by atoms with Gasteiger partial charge in [-0.05, 0) is 11.6 Å². The molecule has 0 spiro atoms. The highest BCUT2D eigenvalue weighted by Crippen LogP contribution is 2.29. The van der Waals surface area contributed by atoms with Crippen molar-refractivity contribution in [2.75, 3.05) is 13.7 Å². The molecule has 1 aliphatic rings. The number of carbonyl (C=O) groups excluding carboxylic acids is 1. The summed E-state index contributed by atoms with van der Waals surface area (Å²) in [5.41, 5.74) is 2.10. The Morgan fingerprint density at radius 3 is 2.86 bits per heavy atom. The van der Waals surface area contributed by atoms with Crippen molar-refractivity contribution in [1.29, 1.82) is 0 Å². The van der Waals surface area contributed by atoms with Crippen LogP contribution in [0.25, 0.3) is 5.78 Å². The molecule has 1 unspecified atom stereocenters. The molecule has 29 heavy (non-hydrogen) atoms. The van der Waals surface area contributed by atoms with Crippen LogP contribution in [0.4, 0.5) is 0 Å². The topological polar surface area (TPSA) is 85.8 Å². The number of methoxy groups -OCH3 is 1. The second kappa shape index (κ2) is 7.14. The lowest BCUT2D eigenvalue weighted by molar-refractivity contribution is 0.0721. The average Bonchev–Trinajstić information content (AvgIpc) is 3.38. The SMILES string of the molecule is COC(c1ccccc1)c1nc2c(o1)CCN(C(=O)c1cn3cccnc3n1)C2.